The fraction of sp³-hybridized carbons (Fsp3) is 0.500. The van der Waals surface area contributed by atoms with Gasteiger partial charge in [-0.25, -0.2) is 4.98 Å². The minimum Gasteiger partial charge on any atom is -0.493 e. The Morgan fingerprint density at radius 3 is 2.50 bits per heavy atom. The van der Waals surface area contributed by atoms with Gasteiger partial charge in [-0.3, -0.25) is 4.99 Å². The van der Waals surface area contributed by atoms with Crippen molar-refractivity contribution >= 4 is 29.2 Å². The summed E-state index contributed by atoms with van der Waals surface area (Å²) in [5.74, 6) is 3.61. The molecule has 0 aliphatic carbocycles. The molecule has 0 radical (unpaired) electrons. The van der Waals surface area contributed by atoms with Crippen molar-refractivity contribution in [2.24, 2.45) is 10.9 Å². The highest BCUT2D eigenvalue weighted by Gasteiger charge is 2.22. The van der Waals surface area contributed by atoms with Crippen LogP contribution in [0, 0.1) is 19.8 Å². The third kappa shape index (κ3) is 5.55. The van der Waals surface area contributed by atoms with Crippen molar-refractivity contribution in [3.63, 3.8) is 0 Å². The molecule has 0 spiro atoms. The van der Waals surface area contributed by atoms with Crippen LogP contribution in [-0.2, 0) is 6.54 Å². The lowest BCUT2D eigenvalue weighted by Crippen LogP contribution is -2.46. The fourth-order valence-electron chi connectivity index (χ4n) is 3.24. The minimum atomic E-state index is 0.490. The van der Waals surface area contributed by atoms with E-state index in [-0.39, 0.29) is 0 Å². The Labute approximate surface area is 175 Å². The number of guanidine groups is 1. The molecule has 0 amide bonds. The Morgan fingerprint density at radius 1 is 1.25 bits per heavy atom. The van der Waals surface area contributed by atoms with Crippen molar-refractivity contribution in [3.8, 4) is 5.75 Å². The first-order valence-electron chi connectivity index (χ1n) is 9.42. The van der Waals surface area contributed by atoms with E-state index < -0.39 is 0 Å². The Balaban J connectivity index is 1.45. The standard InChI is InChI=1S/C20H26Cl2N4O2/c1-13-14(2)28-19(25-13)11-24-20(23-3)26-6-4-15(5-7-26)12-27-18-9-16(21)8-17(22)10-18/h8-10,15H,4-7,11-12H2,1-3H3,(H,23,24). The van der Waals surface area contributed by atoms with Crippen molar-refractivity contribution in [1.29, 1.82) is 0 Å². The summed E-state index contributed by atoms with van der Waals surface area (Å²) in [5.41, 5.74) is 0.925. The average Bonchev–Trinajstić information content (AvgIpc) is 2.98. The molecular formula is C20H26Cl2N4O2. The molecule has 0 bridgehead atoms. The smallest absolute Gasteiger partial charge is 0.214 e. The number of hydrogen-bond acceptors (Lipinski definition) is 4. The number of likely N-dealkylation sites (tertiary alicyclic amines) is 1. The summed E-state index contributed by atoms with van der Waals surface area (Å²) in [7, 11) is 1.80. The average molecular weight is 425 g/mol. The van der Waals surface area contributed by atoms with Gasteiger partial charge in [0.05, 0.1) is 18.8 Å². The molecule has 6 nitrogen and oxygen atoms in total. The molecule has 2 aromatic rings. The maximum absolute atomic E-state index is 6.02. The predicted molar refractivity (Wildman–Crippen MR) is 112 cm³/mol. The molecule has 0 atom stereocenters. The number of nitrogens with zero attached hydrogens (tertiary/aromatic N) is 3. The van der Waals surface area contributed by atoms with Gasteiger partial charge in [0.1, 0.15) is 11.5 Å². The lowest BCUT2D eigenvalue weighted by molar-refractivity contribution is 0.179. The molecular weight excluding hydrogens is 399 g/mol. The third-order valence-electron chi connectivity index (χ3n) is 4.92. The van der Waals surface area contributed by atoms with E-state index >= 15 is 0 Å². The lowest BCUT2D eigenvalue weighted by Gasteiger charge is -2.34. The van der Waals surface area contributed by atoms with Gasteiger partial charge < -0.3 is 19.4 Å². The number of nitrogens with one attached hydrogen (secondary N) is 1. The quantitative estimate of drug-likeness (QED) is 0.566. The molecule has 1 aromatic heterocycles. The van der Waals surface area contributed by atoms with E-state index in [2.05, 4.69) is 20.2 Å². The minimum absolute atomic E-state index is 0.490. The van der Waals surface area contributed by atoms with E-state index in [0.717, 1.165) is 43.3 Å². The SMILES string of the molecule is CN=C(NCc1nc(C)c(C)o1)N1CCC(COc2cc(Cl)cc(Cl)c2)CC1. The Morgan fingerprint density at radius 2 is 1.93 bits per heavy atom. The van der Waals surface area contributed by atoms with E-state index in [1.807, 2.05) is 13.8 Å². The molecule has 1 aliphatic rings. The van der Waals surface area contributed by atoms with Crippen LogP contribution in [0.3, 0.4) is 0 Å². The highest BCUT2D eigenvalue weighted by atomic mass is 35.5. The zero-order chi connectivity index (χ0) is 20.1. The van der Waals surface area contributed by atoms with Crippen molar-refractivity contribution in [2.75, 3.05) is 26.7 Å². The normalized spacial score (nSPS) is 15.8. The van der Waals surface area contributed by atoms with E-state index in [4.69, 9.17) is 32.4 Å². The van der Waals surface area contributed by atoms with E-state index in [0.29, 0.717) is 40.8 Å². The van der Waals surface area contributed by atoms with Gasteiger partial charge in [0, 0.05) is 30.2 Å². The lowest BCUT2D eigenvalue weighted by atomic mass is 9.98. The number of rotatable bonds is 5. The first-order valence-corrected chi connectivity index (χ1v) is 10.2. The van der Waals surface area contributed by atoms with Crippen LogP contribution in [0.2, 0.25) is 10.0 Å². The van der Waals surface area contributed by atoms with Gasteiger partial charge in [-0.15, -0.1) is 0 Å². The fourth-order valence-corrected chi connectivity index (χ4v) is 3.75. The maximum atomic E-state index is 6.02. The third-order valence-corrected chi connectivity index (χ3v) is 5.35. The van der Waals surface area contributed by atoms with E-state index in [1.54, 1.807) is 25.2 Å². The van der Waals surface area contributed by atoms with Crippen molar-refractivity contribution in [1.82, 2.24) is 15.2 Å². The number of halogens is 2. The van der Waals surface area contributed by atoms with Gasteiger partial charge in [-0.05, 0) is 50.8 Å². The van der Waals surface area contributed by atoms with Gasteiger partial charge in [-0.1, -0.05) is 23.2 Å². The van der Waals surface area contributed by atoms with Gasteiger partial charge in [0.2, 0.25) is 5.89 Å². The topological polar surface area (TPSA) is 62.9 Å². The second-order valence-corrected chi connectivity index (χ2v) is 7.87. The molecule has 28 heavy (non-hydrogen) atoms. The molecule has 1 fully saturated rings. The number of benzene rings is 1. The largest absolute Gasteiger partial charge is 0.493 e. The highest BCUT2D eigenvalue weighted by molar-refractivity contribution is 6.34. The number of aromatic nitrogens is 1. The second kappa shape index (κ2) is 9.52. The summed E-state index contributed by atoms with van der Waals surface area (Å²) >= 11 is 12.0. The first-order chi connectivity index (χ1) is 13.4. The zero-order valence-corrected chi connectivity index (χ0v) is 18.0. The highest BCUT2D eigenvalue weighted by Crippen LogP contribution is 2.26. The molecule has 0 saturated carbocycles. The monoisotopic (exact) mass is 424 g/mol. The second-order valence-electron chi connectivity index (χ2n) is 7.00. The maximum Gasteiger partial charge on any atom is 0.214 e. The van der Waals surface area contributed by atoms with Crippen LogP contribution in [0.15, 0.2) is 27.6 Å². The van der Waals surface area contributed by atoms with Crippen LogP contribution >= 0.6 is 23.2 Å². The number of ether oxygens (including phenoxy) is 1. The van der Waals surface area contributed by atoms with Gasteiger partial charge >= 0.3 is 0 Å². The molecule has 1 N–H and O–H groups in total. The van der Waals surface area contributed by atoms with Gasteiger partial charge in [0.25, 0.3) is 0 Å². The van der Waals surface area contributed by atoms with Crippen molar-refractivity contribution < 1.29 is 9.15 Å². The van der Waals surface area contributed by atoms with E-state index in [9.17, 15) is 0 Å². The molecule has 1 aliphatic heterocycles. The number of aryl methyl sites for hydroxylation is 2. The molecule has 2 heterocycles. The molecule has 8 heteroatoms. The summed E-state index contributed by atoms with van der Waals surface area (Å²) < 4.78 is 11.5. The van der Waals surface area contributed by atoms with Crippen LogP contribution < -0.4 is 10.1 Å². The number of hydrogen-bond donors (Lipinski definition) is 1. The van der Waals surface area contributed by atoms with Gasteiger partial charge in [0.15, 0.2) is 5.96 Å². The number of oxazole rings is 1. The summed E-state index contributed by atoms with van der Waals surface area (Å²) in [6, 6.07) is 5.29. The van der Waals surface area contributed by atoms with Crippen LogP contribution in [0.5, 0.6) is 5.75 Å². The summed E-state index contributed by atoms with van der Waals surface area (Å²) in [4.78, 5) is 11.1. The molecule has 1 aromatic carbocycles. The number of piperidine rings is 1. The Bertz CT molecular complexity index is 790. The first kappa shape index (κ1) is 20.8. The summed E-state index contributed by atoms with van der Waals surface area (Å²) in [6.45, 7) is 6.90. The summed E-state index contributed by atoms with van der Waals surface area (Å²) in [6.07, 6.45) is 2.07. The Kier molecular flexibility index (Phi) is 7.08. The van der Waals surface area contributed by atoms with Crippen LogP contribution in [-0.4, -0.2) is 42.6 Å². The van der Waals surface area contributed by atoms with Crippen molar-refractivity contribution in [2.45, 2.75) is 33.2 Å². The number of aliphatic imine (C=N–C) groups is 1. The Hall–Kier alpha value is -1.92. The zero-order valence-electron chi connectivity index (χ0n) is 16.5. The van der Waals surface area contributed by atoms with Crippen molar-refractivity contribution in [3.05, 3.63) is 45.6 Å². The van der Waals surface area contributed by atoms with Crippen LogP contribution in [0.4, 0.5) is 0 Å². The molecule has 0 unspecified atom stereocenters. The molecule has 1 saturated heterocycles. The molecule has 152 valence electrons. The van der Waals surface area contributed by atoms with Crippen LogP contribution in [0.1, 0.15) is 30.2 Å². The van der Waals surface area contributed by atoms with Gasteiger partial charge in [-0.2, -0.15) is 0 Å². The predicted octanol–water partition coefficient (Wildman–Crippen LogP) is 4.46. The van der Waals surface area contributed by atoms with Crippen LogP contribution in [0.25, 0.3) is 0 Å². The summed E-state index contributed by atoms with van der Waals surface area (Å²) in [5, 5.41) is 4.51. The van der Waals surface area contributed by atoms with E-state index in [1.165, 1.54) is 0 Å². The molecule has 3 rings (SSSR count).